The average molecular weight is 373 g/mol. The maximum atomic E-state index is 10.9. The summed E-state index contributed by atoms with van der Waals surface area (Å²) in [5, 5.41) is 3.81. The normalized spacial score (nSPS) is 32.3. The van der Waals surface area contributed by atoms with Crippen molar-refractivity contribution in [2.45, 2.75) is 58.0 Å². The molecular weight excluding hydrogens is 340 g/mol. The smallest absolute Gasteiger partial charge is 0.255 e. The molecule has 4 saturated carbocycles. The van der Waals surface area contributed by atoms with Crippen LogP contribution in [0.15, 0.2) is 18.2 Å². The van der Waals surface area contributed by atoms with Crippen LogP contribution in [-0.2, 0) is 11.3 Å². The number of hydrogen-bond donors (Lipinski definition) is 2. The van der Waals surface area contributed by atoms with Crippen LogP contribution >= 0.6 is 0 Å². The Morgan fingerprint density at radius 3 is 2.37 bits per heavy atom. The number of hydrogen-bond acceptors (Lipinski definition) is 4. The standard InChI is InChI=1S/C22H32N2O3/c1-14(22-9-16-5-17(10-22)7-18(6-16)11-22)24-12-15-3-4-19(20(8-15)26-2)27-13-21(23)25/h3-4,8,14,16-18,24H,5-7,9-13H2,1-2H3,(H2,23,25)/t14-,16?,17?,18?,22?/m1/s1. The van der Waals surface area contributed by atoms with Crippen LogP contribution in [0.25, 0.3) is 0 Å². The molecule has 3 N–H and O–H groups in total. The number of nitrogens with one attached hydrogen (secondary N) is 1. The molecule has 1 amide bonds. The van der Waals surface area contributed by atoms with E-state index in [9.17, 15) is 4.79 Å². The number of carbonyl (C=O) groups excluding carboxylic acids is 1. The molecule has 148 valence electrons. The van der Waals surface area contributed by atoms with Gasteiger partial charge in [0.25, 0.3) is 5.91 Å². The molecule has 4 fully saturated rings. The summed E-state index contributed by atoms with van der Waals surface area (Å²) >= 11 is 0. The molecular formula is C22H32N2O3. The molecule has 1 aromatic carbocycles. The zero-order chi connectivity index (χ0) is 19.0. The second-order valence-electron chi connectivity index (χ2n) is 9.12. The Hall–Kier alpha value is -1.75. The van der Waals surface area contributed by atoms with Crippen molar-refractivity contribution in [1.29, 1.82) is 0 Å². The van der Waals surface area contributed by atoms with E-state index in [1.165, 1.54) is 38.5 Å². The highest BCUT2D eigenvalue weighted by Gasteiger charge is 2.52. The van der Waals surface area contributed by atoms with E-state index >= 15 is 0 Å². The van der Waals surface area contributed by atoms with E-state index in [4.69, 9.17) is 15.2 Å². The van der Waals surface area contributed by atoms with E-state index < -0.39 is 5.91 Å². The van der Waals surface area contributed by atoms with Gasteiger partial charge >= 0.3 is 0 Å². The third kappa shape index (κ3) is 3.79. The summed E-state index contributed by atoms with van der Waals surface area (Å²) < 4.78 is 10.8. The highest BCUT2D eigenvalue weighted by molar-refractivity contribution is 5.75. The predicted octanol–water partition coefficient (Wildman–Crippen LogP) is 3.25. The fourth-order valence-electron chi connectivity index (χ4n) is 6.29. The first-order valence-corrected chi connectivity index (χ1v) is 10.3. The number of rotatable bonds is 8. The Kier molecular flexibility index (Phi) is 5.06. The van der Waals surface area contributed by atoms with Crippen molar-refractivity contribution in [2.75, 3.05) is 13.7 Å². The lowest BCUT2D eigenvalue weighted by Crippen LogP contribution is -2.54. The van der Waals surface area contributed by atoms with Gasteiger partial charge in [0.15, 0.2) is 18.1 Å². The lowest BCUT2D eigenvalue weighted by atomic mass is 9.48. The van der Waals surface area contributed by atoms with E-state index in [0.29, 0.717) is 23.0 Å². The summed E-state index contributed by atoms with van der Waals surface area (Å²) in [6.07, 6.45) is 8.69. The monoisotopic (exact) mass is 372 g/mol. The molecule has 0 radical (unpaired) electrons. The number of benzene rings is 1. The summed E-state index contributed by atoms with van der Waals surface area (Å²) in [4.78, 5) is 10.9. The Morgan fingerprint density at radius 2 is 1.81 bits per heavy atom. The van der Waals surface area contributed by atoms with Gasteiger partial charge in [0.1, 0.15) is 0 Å². The van der Waals surface area contributed by atoms with Crippen LogP contribution in [0.5, 0.6) is 11.5 Å². The third-order valence-corrected chi connectivity index (χ3v) is 7.21. The highest BCUT2D eigenvalue weighted by atomic mass is 16.5. The zero-order valence-electron chi connectivity index (χ0n) is 16.5. The van der Waals surface area contributed by atoms with Crippen LogP contribution in [0.4, 0.5) is 0 Å². The Morgan fingerprint density at radius 1 is 1.19 bits per heavy atom. The molecule has 0 saturated heterocycles. The van der Waals surface area contributed by atoms with Crippen molar-refractivity contribution in [3.63, 3.8) is 0 Å². The molecule has 0 aromatic heterocycles. The maximum Gasteiger partial charge on any atom is 0.255 e. The molecule has 0 heterocycles. The maximum absolute atomic E-state index is 10.9. The number of methoxy groups -OCH3 is 1. The highest BCUT2D eigenvalue weighted by Crippen LogP contribution is 2.61. The van der Waals surface area contributed by atoms with E-state index in [-0.39, 0.29) is 6.61 Å². The van der Waals surface area contributed by atoms with Gasteiger partial charge < -0.3 is 20.5 Å². The molecule has 5 heteroatoms. The van der Waals surface area contributed by atoms with Crippen LogP contribution in [-0.4, -0.2) is 25.7 Å². The molecule has 1 atom stereocenters. The summed E-state index contributed by atoms with van der Waals surface area (Å²) in [6, 6.07) is 6.39. The predicted molar refractivity (Wildman–Crippen MR) is 105 cm³/mol. The van der Waals surface area contributed by atoms with E-state index in [2.05, 4.69) is 12.2 Å². The van der Waals surface area contributed by atoms with Gasteiger partial charge in [-0.1, -0.05) is 6.07 Å². The minimum atomic E-state index is -0.493. The van der Waals surface area contributed by atoms with Gasteiger partial charge in [-0.3, -0.25) is 4.79 Å². The second-order valence-corrected chi connectivity index (χ2v) is 9.12. The number of amides is 1. The molecule has 0 aliphatic heterocycles. The van der Waals surface area contributed by atoms with Gasteiger partial charge in [0.2, 0.25) is 0 Å². The van der Waals surface area contributed by atoms with Crippen molar-refractivity contribution in [1.82, 2.24) is 5.32 Å². The Balaban J connectivity index is 1.39. The molecule has 4 bridgehead atoms. The van der Waals surface area contributed by atoms with Crippen molar-refractivity contribution >= 4 is 5.91 Å². The first-order chi connectivity index (χ1) is 13.0. The largest absolute Gasteiger partial charge is 0.493 e. The average Bonchev–Trinajstić information content (AvgIpc) is 2.63. The van der Waals surface area contributed by atoms with Gasteiger partial charge in [-0.05, 0) is 86.3 Å². The minimum Gasteiger partial charge on any atom is -0.493 e. The number of nitrogens with two attached hydrogens (primary N) is 1. The molecule has 4 aliphatic rings. The van der Waals surface area contributed by atoms with Gasteiger partial charge in [0, 0.05) is 12.6 Å². The fourth-order valence-corrected chi connectivity index (χ4v) is 6.29. The Bertz CT molecular complexity index is 668. The SMILES string of the molecule is COc1cc(CN[C@H](C)C23CC4CC(CC(C4)C2)C3)ccc1OCC(N)=O. The van der Waals surface area contributed by atoms with Crippen molar-refractivity contribution in [3.05, 3.63) is 23.8 Å². The number of primary amides is 1. The lowest BCUT2D eigenvalue weighted by molar-refractivity contribution is -0.119. The van der Waals surface area contributed by atoms with E-state index in [1.807, 2.05) is 18.2 Å². The van der Waals surface area contributed by atoms with E-state index in [1.54, 1.807) is 7.11 Å². The molecule has 0 spiro atoms. The van der Waals surface area contributed by atoms with Crippen LogP contribution in [0.3, 0.4) is 0 Å². The van der Waals surface area contributed by atoms with Gasteiger partial charge in [-0.2, -0.15) is 0 Å². The lowest BCUT2D eigenvalue weighted by Gasteiger charge is -2.59. The molecule has 5 nitrogen and oxygen atoms in total. The molecule has 4 aliphatic carbocycles. The first kappa shape index (κ1) is 18.6. The second kappa shape index (κ2) is 7.34. The summed E-state index contributed by atoms with van der Waals surface area (Å²) in [7, 11) is 1.61. The van der Waals surface area contributed by atoms with Gasteiger partial charge in [-0.25, -0.2) is 0 Å². The molecule has 5 rings (SSSR count). The number of ether oxygens (including phenoxy) is 2. The summed E-state index contributed by atoms with van der Waals surface area (Å²) in [5.74, 6) is 3.62. The summed E-state index contributed by atoms with van der Waals surface area (Å²) in [5.41, 5.74) is 6.82. The fraction of sp³-hybridized carbons (Fsp3) is 0.682. The van der Waals surface area contributed by atoms with Crippen molar-refractivity contribution < 1.29 is 14.3 Å². The van der Waals surface area contributed by atoms with Gasteiger partial charge in [-0.15, -0.1) is 0 Å². The number of carbonyl (C=O) groups is 1. The topological polar surface area (TPSA) is 73.6 Å². The van der Waals surface area contributed by atoms with Crippen molar-refractivity contribution in [2.24, 2.45) is 28.9 Å². The molecule has 1 aromatic rings. The zero-order valence-corrected chi connectivity index (χ0v) is 16.5. The van der Waals surface area contributed by atoms with Gasteiger partial charge in [0.05, 0.1) is 7.11 Å². The Labute approximate surface area is 162 Å². The molecule has 27 heavy (non-hydrogen) atoms. The van der Waals surface area contributed by atoms with E-state index in [0.717, 1.165) is 29.9 Å². The van der Waals surface area contributed by atoms with Crippen LogP contribution < -0.4 is 20.5 Å². The third-order valence-electron chi connectivity index (χ3n) is 7.21. The van der Waals surface area contributed by atoms with Crippen LogP contribution in [0.1, 0.15) is 51.0 Å². The first-order valence-electron chi connectivity index (χ1n) is 10.3. The molecule has 0 unspecified atom stereocenters. The quantitative estimate of drug-likeness (QED) is 0.735. The van der Waals surface area contributed by atoms with Crippen molar-refractivity contribution in [3.8, 4) is 11.5 Å². The summed E-state index contributed by atoms with van der Waals surface area (Å²) in [6.45, 7) is 3.06. The van der Waals surface area contributed by atoms with Crippen LogP contribution in [0, 0.1) is 23.2 Å². The minimum absolute atomic E-state index is 0.142. The van der Waals surface area contributed by atoms with Crippen LogP contribution in [0.2, 0.25) is 0 Å².